The molecule has 1 aromatic rings. The number of anilines is 1. The number of hydrogen-bond donors (Lipinski definition) is 1. The topological polar surface area (TPSA) is 41.6 Å². The molecule has 3 nitrogen and oxygen atoms in total. The Morgan fingerprint density at radius 3 is 2.37 bits per heavy atom. The van der Waals surface area contributed by atoms with E-state index in [4.69, 9.17) is 10.7 Å². The minimum atomic E-state index is 0.194. The summed E-state index contributed by atoms with van der Waals surface area (Å²) in [5.74, 6) is 0.469. The van der Waals surface area contributed by atoms with Gasteiger partial charge in [0, 0.05) is 24.5 Å². The summed E-state index contributed by atoms with van der Waals surface area (Å²) in [6.07, 6.45) is 2.18. The van der Waals surface area contributed by atoms with Crippen LogP contribution >= 0.6 is 0 Å². The molecular weight excluding hydrogens is 234 g/mol. The van der Waals surface area contributed by atoms with Crippen LogP contribution in [0.1, 0.15) is 38.3 Å². The molecule has 1 aliphatic heterocycles. The molecule has 1 aliphatic rings. The Labute approximate surface area is 116 Å². The Balaban J connectivity index is 2.22. The van der Waals surface area contributed by atoms with E-state index in [1.165, 1.54) is 11.3 Å². The summed E-state index contributed by atoms with van der Waals surface area (Å²) in [5.41, 5.74) is 9.49. The van der Waals surface area contributed by atoms with Gasteiger partial charge >= 0.3 is 0 Å². The first-order valence-electron chi connectivity index (χ1n) is 7.16. The van der Waals surface area contributed by atoms with E-state index in [1.54, 1.807) is 0 Å². The quantitative estimate of drug-likeness (QED) is 0.847. The minimum absolute atomic E-state index is 0.194. The maximum atomic E-state index is 6.11. The van der Waals surface area contributed by atoms with E-state index in [1.807, 2.05) is 12.1 Å². The summed E-state index contributed by atoms with van der Waals surface area (Å²) in [7, 11) is 2.17. The molecule has 1 aromatic carbocycles. The van der Waals surface area contributed by atoms with Crippen molar-refractivity contribution in [2.45, 2.75) is 32.7 Å². The van der Waals surface area contributed by atoms with Crippen molar-refractivity contribution in [3.63, 3.8) is 0 Å². The van der Waals surface area contributed by atoms with E-state index in [9.17, 15) is 0 Å². The van der Waals surface area contributed by atoms with Gasteiger partial charge < -0.3 is 10.6 Å². The highest BCUT2D eigenvalue weighted by molar-refractivity contribution is 5.85. The smallest absolute Gasteiger partial charge is 0.0791 e. The highest BCUT2D eigenvalue weighted by Gasteiger charge is 2.19. The highest BCUT2D eigenvalue weighted by atomic mass is 15.1. The maximum absolute atomic E-state index is 6.11. The Bertz CT molecular complexity index is 441. The molecule has 1 atom stereocenters. The summed E-state index contributed by atoms with van der Waals surface area (Å²) in [6.45, 7) is 6.67. The molecule has 0 spiro atoms. The number of para-hydroxylation sites is 1. The molecule has 2 N–H and O–H groups in total. The predicted octanol–water partition coefficient (Wildman–Crippen LogP) is 3.13. The third-order valence-corrected chi connectivity index (χ3v) is 3.83. The monoisotopic (exact) mass is 259 g/mol. The molecule has 104 valence electrons. The number of likely N-dealkylation sites (tertiary alicyclic amines) is 1. The van der Waals surface area contributed by atoms with E-state index in [0.29, 0.717) is 5.92 Å². The predicted molar refractivity (Wildman–Crippen MR) is 82.6 cm³/mol. The van der Waals surface area contributed by atoms with Gasteiger partial charge in [0.15, 0.2) is 0 Å². The van der Waals surface area contributed by atoms with Crippen LogP contribution in [0.5, 0.6) is 0 Å². The molecule has 2 rings (SSSR count). The summed E-state index contributed by atoms with van der Waals surface area (Å²) in [5, 5.41) is 0. The molecule has 1 heterocycles. The van der Waals surface area contributed by atoms with Gasteiger partial charge in [-0.25, -0.2) is 0 Å². The maximum Gasteiger partial charge on any atom is 0.0791 e. The first-order chi connectivity index (χ1) is 9.08. The molecule has 0 aliphatic carbocycles. The molecule has 3 heteroatoms. The Kier molecular flexibility index (Phi) is 4.59. The van der Waals surface area contributed by atoms with Gasteiger partial charge in [0.25, 0.3) is 0 Å². The fourth-order valence-electron chi connectivity index (χ4n) is 2.56. The summed E-state index contributed by atoms with van der Waals surface area (Å²) in [4.78, 5) is 7.37. The second kappa shape index (κ2) is 6.20. The number of nitrogens with zero attached hydrogens (tertiary/aromatic N) is 2. The van der Waals surface area contributed by atoms with Crippen molar-refractivity contribution in [1.82, 2.24) is 4.90 Å². The molecule has 19 heavy (non-hydrogen) atoms. The fraction of sp³-hybridized carbons (Fsp3) is 0.562. The Morgan fingerprint density at radius 2 is 1.79 bits per heavy atom. The van der Waals surface area contributed by atoms with Crippen LogP contribution in [0.3, 0.4) is 0 Å². The van der Waals surface area contributed by atoms with Gasteiger partial charge in [0.05, 0.1) is 6.04 Å². The fourth-order valence-corrected chi connectivity index (χ4v) is 2.56. The standard InChI is InChI=1S/C16H25N3/c1-12(2)16(14-6-4-5-7-15(14)17)18-13-8-10-19(3)11-9-13/h4-7,12,16H,8-11,17H2,1-3H3. The van der Waals surface area contributed by atoms with Crippen molar-refractivity contribution in [2.75, 3.05) is 25.9 Å². The van der Waals surface area contributed by atoms with Crippen molar-refractivity contribution in [3.8, 4) is 0 Å². The van der Waals surface area contributed by atoms with Crippen LogP contribution in [0.25, 0.3) is 0 Å². The van der Waals surface area contributed by atoms with E-state index in [0.717, 1.165) is 31.6 Å². The zero-order chi connectivity index (χ0) is 13.8. The number of rotatable bonds is 3. The first kappa shape index (κ1) is 14.1. The number of hydrogen-bond acceptors (Lipinski definition) is 3. The van der Waals surface area contributed by atoms with Gasteiger partial charge in [-0.2, -0.15) is 0 Å². The van der Waals surface area contributed by atoms with Crippen LogP contribution in [0, 0.1) is 5.92 Å². The minimum Gasteiger partial charge on any atom is -0.398 e. The van der Waals surface area contributed by atoms with E-state index < -0.39 is 0 Å². The molecule has 0 radical (unpaired) electrons. The van der Waals surface area contributed by atoms with Crippen LogP contribution < -0.4 is 5.73 Å². The van der Waals surface area contributed by atoms with Gasteiger partial charge in [-0.05, 0) is 37.4 Å². The van der Waals surface area contributed by atoms with Crippen molar-refractivity contribution in [1.29, 1.82) is 0 Å². The summed E-state index contributed by atoms with van der Waals surface area (Å²) < 4.78 is 0. The normalized spacial score (nSPS) is 18.6. The molecule has 1 saturated heterocycles. The third kappa shape index (κ3) is 3.57. The van der Waals surface area contributed by atoms with Gasteiger partial charge in [-0.15, -0.1) is 0 Å². The largest absolute Gasteiger partial charge is 0.398 e. The molecule has 0 bridgehead atoms. The van der Waals surface area contributed by atoms with Gasteiger partial charge in [-0.3, -0.25) is 4.99 Å². The summed E-state index contributed by atoms with van der Waals surface area (Å²) in [6, 6.07) is 8.31. The van der Waals surface area contributed by atoms with Gasteiger partial charge in [0.2, 0.25) is 0 Å². The van der Waals surface area contributed by atoms with Crippen molar-refractivity contribution in [2.24, 2.45) is 10.9 Å². The van der Waals surface area contributed by atoms with Crippen molar-refractivity contribution >= 4 is 11.4 Å². The first-order valence-corrected chi connectivity index (χ1v) is 7.16. The SMILES string of the molecule is CC(C)C(N=C1CCN(C)CC1)c1ccccc1N. The molecule has 0 amide bonds. The molecule has 1 fully saturated rings. The Hall–Kier alpha value is -1.35. The Morgan fingerprint density at radius 1 is 1.16 bits per heavy atom. The molecule has 1 unspecified atom stereocenters. The number of nitrogens with two attached hydrogens (primary N) is 1. The molecule has 0 aromatic heterocycles. The van der Waals surface area contributed by atoms with Crippen molar-refractivity contribution in [3.05, 3.63) is 29.8 Å². The lowest BCUT2D eigenvalue weighted by Gasteiger charge is -2.26. The lowest BCUT2D eigenvalue weighted by atomic mass is 9.94. The van der Waals surface area contributed by atoms with Crippen LogP contribution in [-0.2, 0) is 0 Å². The second-order valence-electron chi connectivity index (χ2n) is 5.82. The second-order valence-corrected chi connectivity index (χ2v) is 5.82. The highest BCUT2D eigenvalue weighted by Crippen LogP contribution is 2.31. The van der Waals surface area contributed by atoms with Crippen LogP contribution in [-0.4, -0.2) is 30.7 Å². The lowest BCUT2D eigenvalue weighted by Crippen LogP contribution is -2.30. The van der Waals surface area contributed by atoms with Gasteiger partial charge in [-0.1, -0.05) is 32.0 Å². The summed E-state index contributed by atoms with van der Waals surface area (Å²) >= 11 is 0. The van der Waals surface area contributed by atoms with Crippen molar-refractivity contribution < 1.29 is 0 Å². The zero-order valence-electron chi connectivity index (χ0n) is 12.3. The zero-order valence-corrected chi connectivity index (χ0v) is 12.3. The van der Waals surface area contributed by atoms with Crippen LogP contribution in [0.4, 0.5) is 5.69 Å². The van der Waals surface area contributed by atoms with E-state index >= 15 is 0 Å². The van der Waals surface area contributed by atoms with E-state index in [-0.39, 0.29) is 6.04 Å². The average Bonchev–Trinajstić information content (AvgIpc) is 2.39. The lowest BCUT2D eigenvalue weighted by molar-refractivity contribution is 0.334. The third-order valence-electron chi connectivity index (χ3n) is 3.83. The van der Waals surface area contributed by atoms with Crippen LogP contribution in [0.2, 0.25) is 0 Å². The number of piperidine rings is 1. The van der Waals surface area contributed by atoms with Crippen LogP contribution in [0.15, 0.2) is 29.3 Å². The number of nitrogen functional groups attached to an aromatic ring is 1. The number of benzene rings is 1. The molecule has 0 saturated carbocycles. The average molecular weight is 259 g/mol. The number of aliphatic imine (C=N–C) groups is 1. The van der Waals surface area contributed by atoms with E-state index in [2.05, 4.69) is 37.9 Å². The molecular formula is C16H25N3. The van der Waals surface area contributed by atoms with Gasteiger partial charge in [0.1, 0.15) is 0 Å².